The fraction of sp³-hybridized carbons (Fsp3) is 0.389. The molecule has 0 bridgehead atoms. The number of Topliss-reactive ketones (excluding diaryl/α,β-unsaturated/α-hetero) is 1. The summed E-state index contributed by atoms with van der Waals surface area (Å²) in [6.07, 6.45) is 4.48. The predicted molar refractivity (Wildman–Crippen MR) is 94.9 cm³/mol. The molecule has 1 amide bonds. The van der Waals surface area contributed by atoms with Crippen molar-refractivity contribution in [1.29, 1.82) is 0 Å². The van der Waals surface area contributed by atoms with E-state index in [2.05, 4.69) is 20.5 Å². The summed E-state index contributed by atoms with van der Waals surface area (Å²) < 4.78 is 0. The maximum absolute atomic E-state index is 12.7. The molecule has 0 fully saturated rings. The van der Waals surface area contributed by atoms with E-state index in [1.807, 2.05) is 6.92 Å². The maximum atomic E-state index is 12.7. The van der Waals surface area contributed by atoms with Crippen LogP contribution in [0.1, 0.15) is 47.1 Å². The van der Waals surface area contributed by atoms with E-state index in [0.29, 0.717) is 17.1 Å². The van der Waals surface area contributed by atoms with E-state index in [9.17, 15) is 9.59 Å². The monoisotopic (exact) mass is 354 g/mol. The Morgan fingerprint density at radius 3 is 2.84 bits per heavy atom. The van der Waals surface area contributed by atoms with Gasteiger partial charge >= 0.3 is 0 Å². The van der Waals surface area contributed by atoms with Gasteiger partial charge in [-0.2, -0.15) is 5.10 Å². The standard InChI is InChI=1S/C18H18N4O2S/c1-10(25-18-20-14-4-2-3-5-15(14)21-22-18)17(24)11-6-7-13-12(8-11)9-16(23)19-13/h6-8,10H,2-5,9H2,1H3,(H,19,23)/t10-/m0/s1. The number of thioether (sulfide) groups is 1. The molecule has 1 aliphatic heterocycles. The Labute approximate surface area is 149 Å². The molecule has 128 valence electrons. The lowest BCUT2D eigenvalue weighted by atomic mass is 10.0. The van der Waals surface area contributed by atoms with Crippen molar-refractivity contribution in [3.8, 4) is 0 Å². The van der Waals surface area contributed by atoms with Crippen LogP contribution in [0.4, 0.5) is 5.69 Å². The summed E-state index contributed by atoms with van der Waals surface area (Å²) in [6.45, 7) is 1.85. The average Bonchev–Trinajstić information content (AvgIpc) is 3.00. The van der Waals surface area contributed by atoms with Crippen LogP contribution < -0.4 is 5.32 Å². The number of amides is 1. The molecule has 2 heterocycles. The highest BCUT2D eigenvalue weighted by atomic mass is 32.2. The largest absolute Gasteiger partial charge is 0.326 e. The molecule has 1 aromatic heterocycles. The Balaban J connectivity index is 1.49. The lowest BCUT2D eigenvalue weighted by Crippen LogP contribution is -2.16. The van der Waals surface area contributed by atoms with Crippen molar-refractivity contribution in [2.45, 2.75) is 49.4 Å². The van der Waals surface area contributed by atoms with Crippen LogP contribution in [0, 0.1) is 0 Å². The fourth-order valence-corrected chi connectivity index (χ4v) is 4.03. The van der Waals surface area contributed by atoms with Crippen LogP contribution in [0.5, 0.6) is 0 Å². The number of carbonyl (C=O) groups excluding carboxylic acids is 2. The number of fused-ring (bicyclic) bond motifs is 2. The molecule has 0 radical (unpaired) electrons. The van der Waals surface area contributed by atoms with Gasteiger partial charge in [0.15, 0.2) is 5.78 Å². The summed E-state index contributed by atoms with van der Waals surface area (Å²) in [7, 11) is 0. The van der Waals surface area contributed by atoms with E-state index >= 15 is 0 Å². The SMILES string of the molecule is C[C@H](Sc1nnc2c(n1)CCCC2)C(=O)c1ccc2c(c1)CC(=O)N2. The normalized spacial score (nSPS) is 16.8. The van der Waals surface area contributed by atoms with E-state index in [4.69, 9.17) is 0 Å². The molecule has 1 N–H and O–H groups in total. The predicted octanol–water partition coefficient (Wildman–Crippen LogP) is 2.61. The molecular formula is C18H18N4O2S. The summed E-state index contributed by atoms with van der Waals surface area (Å²) in [6, 6.07) is 5.36. The van der Waals surface area contributed by atoms with Crippen LogP contribution in [-0.4, -0.2) is 32.1 Å². The van der Waals surface area contributed by atoms with E-state index in [1.54, 1.807) is 18.2 Å². The number of aryl methyl sites for hydroxylation is 2. The number of carbonyl (C=O) groups is 2. The molecule has 7 heteroatoms. The Morgan fingerprint density at radius 2 is 2.00 bits per heavy atom. The third-order valence-corrected chi connectivity index (χ3v) is 5.51. The molecule has 0 saturated carbocycles. The van der Waals surface area contributed by atoms with Crippen LogP contribution in [0.2, 0.25) is 0 Å². The molecule has 2 aliphatic rings. The van der Waals surface area contributed by atoms with Crippen LogP contribution in [0.25, 0.3) is 0 Å². The first kappa shape index (κ1) is 16.2. The highest BCUT2D eigenvalue weighted by molar-refractivity contribution is 8.00. The third-order valence-electron chi connectivity index (χ3n) is 4.56. The van der Waals surface area contributed by atoms with Crippen LogP contribution >= 0.6 is 11.8 Å². The van der Waals surface area contributed by atoms with Crippen molar-refractivity contribution in [2.75, 3.05) is 5.32 Å². The van der Waals surface area contributed by atoms with Gasteiger partial charge in [0.1, 0.15) is 0 Å². The summed E-state index contributed by atoms with van der Waals surface area (Å²) in [5.74, 6) is -0.0241. The molecule has 25 heavy (non-hydrogen) atoms. The number of aromatic nitrogens is 3. The maximum Gasteiger partial charge on any atom is 0.228 e. The van der Waals surface area contributed by atoms with Crippen molar-refractivity contribution < 1.29 is 9.59 Å². The molecular weight excluding hydrogens is 336 g/mol. The Morgan fingerprint density at radius 1 is 1.20 bits per heavy atom. The summed E-state index contributed by atoms with van der Waals surface area (Å²) in [5, 5.41) is 11.5. The number of hydrogen-bond donors (Lipinski definition) is 1. The smallest absolute Gasteiger partial charge is 0.228 e. The lowest BCUT2D eigenvalue weighted by molar-refractivity contribution is -0.115. The molecule has 1 atom stereocenters. The van der Waals surface area contributed by atoms with Crippen LogP contribution in [-0.2, 0) is 24.1 Å². The zero-order valence-corrected chi connectivity index (χ0v) is 14.7. The van der Waals surface area contributed by atoms with Gasteiger partial charge in [-0.25, -0.2) is 4.98 Å². The highest BCUT2D eigenvalue weighted by Crippen LogP contribution is 2.28. The second kappa shape index (κ2) is 6.55. The molecule has 1 aromatic carbocycles. The van der Waals surface area contributed by atoms with Gasteiger partial charge in [-0.15, -0.1) is 5.10 Å². The van der Waals surface area contributed by atoms with Gasteiger partial charge in [0.05, 0.1) is 23.1 Å². The third kappa shape index (κ3) is 3.28. The number of rotatable bonds is 4. The van der Waals surface area contributed by atoms with E-state index < -0.39 is 0 Å². The van der Waals surface area contributed by atoms with Crippen molar-refractivity contribution in [1.82, 2.24) is 15.2 Å². The molecule has 0 unspecified atom stereocenters. The topological polar surface area (TPSA) is 84.8 Å². The number of nitrogens with zero attached hydrogens (tertiary/aromatic N) is 3. The number of hydrogen-bond acceptors (Lipinski definition) is 6. The summed E-state index contributed by atoms with van der Waals surface area (Å²) in [5.41, 5.74) is 4.29. The number of benzene rings is 1. The van der Waals surface area contributed by atoms with Gasteiger partial charge in [-0.05, 0) is 56.4 Å². The van der Waals surface area contributed by atoms with E-state index in [1.165, 1.54) is 11.8 Å². The number of ketones is 1. The van der Waals surface area contributed by atoms with Gasteiger partial charge < -0.3 is 5.32 Å². The van der Waals surface area contributed by atoms with Gasteiger partial charge in [0, 0.05) is 11.3 Å². The molecule has 0 saturated heterocycles. The minimum absolute atomic E-state index is 0.00784. The minimum atomic E-state index is -0.313. The van der Waals surface area contributed by atoms with Crippen LogP contribution in [0.15, 0.2) is 23.4 Å². The van der Waals surface area contributed by atoms with Crippen molar-refractivity contribution in [2.24, 2.45) is 0 Å². The van der Waals surface area contributed by atoms with Crippen molar-refractivity contribution >= 4 is 29.1 Å². The summed E-state index contributed by atoms with van der Waals surface area (Å²) >= 11 is 1.34. The van der Waals surface area contributed by atoms with Gasteiger partial charge in [0.25, 0.3) is 0 Å². The highest BCUT2D eigenvalue weighted by Gasteiger charge is 2.23. The quantitative estimate of drug-likeness (QED) is 0.671. The van der Waals surface area contributed by atoms with Crippen molar-refractivity contribution in [3.05, 3.63) is 40.7 Å². The molecule has 6 nitrogen and oxygen atoms in total. The molecule has 0 spiro atoms. The van der Waals surface area contributed by atoms with E-state index in [-0.39, 0.29) is 16.9 Å². The first-order chi connectivity index (χ1) is 12.1. The number of nitrogens with one attached hydrogen (secondary N) is 1. The second-order valence-electron chi connectivity index (χ2n) is 6.42. The van der Waals surface area contributed by atoms with E-state index in [0.717, 1.165) is 48.3 Å². The van der Waals surface area contributed by atoms with Crippen LogP contribution in [0.3, 0.4) is 0 Å². The molecule has 4 rings (SSSR count). The zero-order chi connectivity index (χ0) is 17.4. The van der Waals surface area contributed by atoms with Gasteiger partial charge in [-0.1, -0.05) is 11.8 Å². The van der Waals surface area contributed by atoms with Gasteiger partial charge in [0.2, 0.25) is 11.1 Å². The second-order valence-corrected chi connectivity index (χ2v) is 7.72. The fourth-order valence-electron chi connectivity index (χ4n) is 3.22. The summed E-state index contributed by atoms with van der Waals surface area (Å²) in [4.78, 5) is 28.7. The van der Waals surface area contributed by atoms with Crippen molar-refractivity contribution in [3.63, 3.8) is 0 Å². The zero-order valence-electron chi connectivity index (χ0n) is 13.9. The first-order valence-corrected chi connectivity index (χ1v) is 9.34. The van der Waals surface area contributed by atoms with Gasteiger partial charge in [-0.3, -0.25) is 9.59 Å². The first-order valence-electron chi connectivity index (χ1n) is 8.46. The Bertz CT molecular complexity index is 868. The average molecular weight is 354 g/mol. The number of anilines is 1. The lowest BCUT2D eigenvalue weighted by Gasteiger charge is -2.14. The molecule has 1 aliphatic carbocycles. The minimum Gasteiger partial charge on any atom is -0.326 e. The molecule has 2 aromatic rings. The Hall–Kier alpha value is -2.28. The Kier molecular flexibility index (Phi) is 4.25.